The van der Waals surface area contributed by atoms with E-state index in [-0.39, 0.29) is 6.61 Å². The summed E-state index contributed by atoms with van der Waals surface area (Å²) >= 11 is 0. The highest BCUT2D eigenvalue weighted by Gasteiger charge is 2.00. The molecule has 0 saturated heterocycles. The number of nitrogens with zero attached hydrogens (tertiary/aromatic N) is 1. The Morgan fingerprint density at radius 2 is 1.27 bits per heavy atom. The second kappa shape index (κ2) is 9.39. The molecular formula is C20H27NO. The maximum absolute atomic E-state index is 8.84. The van der Waals surface area contributed by atoms with Gasteiger partial charge < -0.3 is 10.0 Å². The van der Waals surface area contributed by atoms with Gasteiger partial charge in [-0.05, 0) is 49.4 Å². The van der Waals surface area contributed by atoms with Gasteiger partial charge in [-0.2, -0.15) is 0 Å². The van der Waals surface area contributed by atoms with Gasteiger partial charge in [0.1, 0.15) is 0 Å². The Hall–Kier alpha value is -1.64. The molecular weight excluding hydrogens is 270 g/mol. The van der Waals surface area contributed by atoms with Gasteiger partial charge >= 0.3 is 0 Å². The number of aryl methyl sites for hydroxylation is 2. The van der Waals surface area contributed by atoms with Crippen LogP contribution < -0.4 is 0 Å². The summed E-state index contributed by atoms with van der Waals surface area (Å²) in [5.41, 5.74) is 4.19. The second-order valence-corrected chi connectivity index (χ2v) is 5.93. The van der Waals surface area contributed by atoms with E-state index in [2.05, 4.69) is 66.5 Å². The van der Waals surface area contributed by atoms with E-state index in [9.17, 15) is 0 Å². The fraction of sp³-hybridized carbons (Fsp3) is 0.400. The number of likely N-dealkylation sites (N-methyl/N-ethyl adjacent to an activating group) is 1. The van der Waals surface area contributed by atoms with E-state index in [1.807, 2.05) is 0 Å². The van der Waals surface area contributed by atoms with Crippen LogP contribution in [0.2, 0.25) is 0 Å². The number of hydrogen-bond donors (Lipinski definition) is 1. The molecule has 0 aliphatic carbocycles. The Kier molecular flexibility index (Phi) is 7.14. The van der Waals surface area contributed by atoms with Crippen molar-refractivity contribution in [3.63, 3.8) is 0 Å². The lowest BCUT2D eigenvalue weighted by atomic mass is 10.0. The lowest BCUT2D eigenvalue weighted by Gasteiger charge is -2.15. The lowest BCUT2D eigenvalue weighted by Crippen LogP contribution is -2.23. The normalized spacial score (nSPS) is 11.0. The maximum atomic E-state index is 8.84. The van der Waals surface area contributed by atoms with Crippen molar-refractivity contribution in [2.24, 2.45) is 0 Å². The van der Waals surface area contributed by atoms with Crippen LogP contribution >= 0.6 is 0 Å². The van der Waals surface area contributed by atoms with E-state index >= 15 is 0 Å². The molecule has 0 aromatic heterocycles. The molecule has 2 heteroatoms. The summed E-state index contributed by atoms with van der Waals surface area (Å²) in [4.78, 5) is 2.28. The molecule has 118 valence electrons. The average Bonchev–Trinajstić information content (AvgIpc) is 2.58. The minimum Gasteiger partial charge on any atom is -0.396 e. The first kappa shape index (κ1) is 16.7. The minimum atomic E-state index is 0.278. The molecule has 0 bridgehead atoms. The van der Waals surface area contributed by atoms with Crippen LogP contribution in [-0.4, -0.2) is 36.8 Å². The molecule has 2 rings (SSSR count). The molecule has 22 heavy (non-hydrogen) atoms. The Bertz CT molecular complexity index is 521. The van der Waals surface area contributed by atoms with Crippen molar-refractivity contribution in [3.05, 3.63) is 71.3 Å². The highest BCUT2D eigenvalue weighted by Crippen LogP contribution is 2.10. The largest absolute Gasteiger partial charge is 0.396 e. The van der Waals surface area contributed by atoms with E-state index in [1.165, 1.54) is 16.7 Å². The molecule has 0 spiro atoms. The van der Waals surface area contributed by atoms with Crippen LogP contribution in [0.1, 0.15) is 23.1 Å². The second-order valence-electron chi connectivity index (χ2n) is 5.93. The van der Waals surface area contributed by atoms with Gasteiger partial charge in [0.05, 0.1) is 0 Å². The summed E-state index contributed by atoms with van der Waals surface area (Å²) in [5.74, 6) is 0. The predicted molar refractivity (Wildman–Crippen MR) is 93.2 cm³/mol. The van der Waals surface area contributed by atoms with Crippen molar-refractivity contribution in [2.45, 2.75) is 25.7 Å². The van der Waals surface area contributed by atoms with E-state index < -0.39 is 0 Å². The molecule has 0 unspecified atom stereocenters. The SMILES string of the molecule is CN(CCCO)CCc1ccc(CCc2ccccc2)cc1. The van der Waals surface area contributed by atoms with Crippen LogP contribution in [0, 0.1) is 0 Å². The zero-order valence-corrected chi connectivity index (χ0v) is 13.5. The Morgan fingerprint density at radius 3 is 1.86 bits per heavy atom. The van der Waals surface area contributed by atoms with Gasteiger partial charge in [0, 0.05) is 19.7 Å². The van der Waals surface area contributed by atoms with Crippen molar-refractivity contribution >= 4 is 0 Å². The molecule has 2 nitrogen and oxygen atoms in total. The summed E-state index contributed by atoms with van der Waals surface area (Å²) in [6.07, 6.45) is 4.13. The Labute approximate surface area is 134 Å². The van der Waals surface area contributed by atoms with Gasteiger partial charge in [-0.15, -0.1) is 0 Å². The molecule has 0 aliphatic rings. The van der Waals surface area contributed by atoms with Crippen LogP contribution in [0.3, 0.4) is 0 Å². The van der Waals surface area contributed by atoms with E-state index in [0.29, 0.717) is 0 Å². The molecule has 0 saturated carbocycles. The summed E-state index contributed by atoms with van der Waals surface area (Å²) in [6.45, 7) is 2.29. The number of aliphatic hydroxyl groups excluding tert-OH is 1. The van der Waals surface area contributed by atoms with Gasteiger partial charge in [0.2, 0.25) is 0 Å². The van der Waals surface area contributed by atoms with Crippen molar-refractivity contribution in [1.29, 1.82) is 0 Å². The molecule has 2 aromatic carbocycles. The third-order valence-corrected chi connectivity index (χ3v) is 4.05. The van der Waals surface area contributed by atoms with Crippen molar-refractivity contribution in [2.75, 3.05) is 26.7 Å². The van der Waals surface area contributed by atoms with Crippen LogP contribution in [0.5, 0.6) is 0 Å². The number of aliphatic hydroxyl groups is 1. The van der Waals surface area contributed by atoms with Crippen LogP contribution in [0.4, 0.5) is 0 Å². The van der Waals surface area contributed by atoms with Gasteiger partial charge in [0.25, 0.3) is 0 Å². The van der Waals surface area contributed by atoms with Gasteiger partial charge in [-0.1, -0.05) is 54.6 Å². The first-order valence-corrected chi connectivity index (χ1v) is 8.19. The standard InChI is InChI=1S/C20H27NO/c1-21(15-5-17-22)16-14-20-12-10-19(11-13-20)9-8-18-6-3-2-4-7-18/h2-4,6-7,10-13,22H,5,8-9,14-17H2,1H3. The van der Waals surface area contributed by atoms with E-state index in [0.717, 1.165) is 38.8 Å². The quantitative estimate of drug-likeness (QED) is 0.767. The molecule has 0 radical (unpaired) electrons. The van der Waals surface area contributed by atoms with Crippen molar-refractivity contribution in [3.8, 4) is 0 Å². The Morgan fingerprint density at radius 1 is 0.727 bits per heavy atom. The molecule has 2 aromatic rings. The Balaban J connectivity index is 1.75. The highest BCUT2D eigenvalue weighted by molar-refractivity contribution is 5.24. The topological polar surface area (TPSA) is 23.5 Å². The third kappa shape index (κ3) is 6.00. The first-order chi connectivity index (χ1) is 10.8. The molecule has 0 heterocycles. The zero-order valence-electron chi connectivity index (χ0n) is 13.5. The van der Waals surface area contributed by atoms with Gasteiger partial charge in [-0.25, -0.2) is 0 Å². The predicted octanol–water partition coefficient (Wildman–Crippen LogP) is 3.33. The average molecular weight is 297 g/mol. The molecule has 1 N–H and O–H groups in total. The smallest absolute Gasteiger partial charge is 0.0443 e. The first-order valence-electron chi connectivity index (χ1n) is 8.19. The maximum Gasteiger partial charge on any atom is 0.0443 e. The molecule has 0 fully saturated rings. The number of benzene rings is 2. The van der Waals surface area contributed by atoms with Crippen molar-refractivity contribution in [1.82, 2.24) is 4.90 Å². The number of rotatable bonds is 9. The molecule has 0 aliphatic heterocycles. The van der Waals surface area contributed by atoms with Crippen LogP contribution in [0.25, 0.3) is 0 Å². The fourth-order valence-electron chi connectivity index (χ4n) is 2.58. The summed E-state index contributed by atoms with van der Waals surface area (Å²) in [7, 11) is 2.11. The highest BCUT2D eigenvalue weighted by atomic mass is 16.3. The van der Waals surface area contributed by atoms with Crippen LogP contribution in [-0.2, 0) is 19.3 Å². The summed E-state index contributed by atoms with van der Waals surface area (Å²) < 4.78 is 0. The minimum absolute atomic E-state index is 0.278. The number of hydrogen-bond acceptors (Lipinski definition) is 2. The van der Waals surface area contributed by atoms with E-state index in [1.54, 1.807) is 0 Å². The monoisotopic (exact) mass is 297 g/mol. The molecule has 0 amide bonds. The summed E-state index contributed by atoms with van der Waals surface area (Å²) in [6, 6.07) is 19.7. The summed E-state index contributed by atoms with van der Waals surface area (Å²) in [5, 5.41) is 8.84. The van der Waals surface area contributed by atoms with Crippen molar-refractivity contribution < 1.29 is 5.11 Å². The zero-order chi connectivity index (χ0) is 15.6. The third-order valence-electron chi connectivity index (χ3n) is 4.05. The van der Waals surface area contributed by atoms with Crippen LogP contribution in [0.15, 0.2) is 54.6 Å². The van der Waals surface area contributed by atoms with Gasteiger partial charge in [0.15, 0.2) is 0 Å². The molecule has 0 atom stereocenters. The van der Waals surface area contributed by atoms with Gasteiger partial charge in [-0.3, -0.25) is 0 Å². The van der Waals surface area contributed by atoms with E-state index in [4.69, 9.17) is 5.11 Å². The fourth-order valence-corrected chi connectivity index (χ4v) is 2.58. The lowest BCUT2D eigenvalue weighted by molar-refractivity contribution is 0.248.